The van der Waals surface area contributed by atoms with Gasteiger partial charge in [0.15, 0.2) is 11.2 Å². The van der Waals surface area contributed by atoms with Gasteiger partial charge in [0.05, 0.1) is 16.8 Å². The number of nitrogens with zero attached hydrogens (tertiary/aromatic N) is 5. The average Bonchev–Trinajstić information content (AvgIpc) is 3.31. The van der Waals surface area contributed by atoms with E-state index < -0.39 is 16.4 Å². The van der Waals surface area contributed by atoms with Crippen LogP contribution in [0.3, 0.4) is 0 Å². The number of fused-ring (bicyclic) bond motifs is 4. The number of hydrogen-bond donors (Lipinski definition) is 1. The Bertz CT molecular complexity index is 1600. The van der Waals surface area contributed by atoms with E-state index in [-0.39, 0.29) is 12.4 Å². The number of alkyl halides is 3. The summed E-state index contributed by atoms with van der Waals surface area (Å²) < 4.78 is 39.3. The van der Waals surface area contributed by atoms with Crippen molar-refractivity contribution < 1.29 is 13.2 Å². The van der Waals surface area contributed by atoms with E-state index in [9.17, 15) is 18.4 Å². The van der Waals surface area contributed by atoms with Crippen molar-refractivity contribution in [2.75, 3.05) is 13.7 Å². The molecule has 6 rings (SSSR count). The summed E-state index contributed by atoms with van der Waals surface area (Å²) in [6, 6.07) is 12.0. The zero-order valence-electron chi connectivity index (χ0n) is 18.5. The van der Waals surface area contributed by atoms with Crippen LogP contribution in [0.15, 0.2) is 67.1 Å². The van der Waals surface area contributed by atoms with Gasteiger partial charge in [-0.25, -0.2) is 9.97 Å². The molecular weight excluding hydrogens is 457 g/mol. The molecule has 0 spiro atoms. The first-order chi connectivity index (χ1) is 16.7. The number of pyridine rings is 3. The Hall–Kier alpha value is -3.86. The van der Waals surface area contributed by atoms with Gasteiger partial charge in [-0.1, -0.05) is 6.07 Å². The molecule has 5 heterocycles. The monoisotopic (exact) mass is 476 g/mol. The van der Waals surface area contributed by atoms with Crippen LogP contribution in [0.5, 0.6) is 0 Å². The lowest BCUT2D eigenvalue weighted by Gasteiger charge is -2.47. The first-order valence-electron chi connectivity index (χ1n) is 10.9. The Morgan fingerprint density at radius 1 is 1.06 bits per heavy atom. The number of H-pyrrole nitrogens is 1. The zero-order valence-corrected chi connectivity index (χ0v) is 18.5. The molecule has 1 unspecified atom stereocenters. The minimum Gasteiger partial charge on any atom is -0.621 e. The van der Waals surface area contributed by atoms with Crippen LogP contribution in [0, 0.1) is 5.21 Å². The number of hydrogen-bond acceptors (Lipinski definition) is 5. The molecule has 0 fully saturated rings. The van der Waals surface area contributed by atoms with Crippen LogP contribution in [0.4, 0.5) is 24.5 Å². The van der Waals surface area contributed by atoms with Gasteiger partial charge in [0, 0.05) is 47.7 Å². The number of quaternary nitrogens is 1. The molecule has 0 amide bonds. The maximum Gasteiger partial charge on any atom is 0.416 e. The van der Waals surface area contributed by atoms with E-state index in [1.54, 1.807) is 42.7 Å². The van der Waals surface area contributed by atoms with Crippen LogP contribution in [-0.2, 0) is 12.7 Å². The van der Waals surface area contributed by atoms with Crippen molar-refractivity contribution in [2.45, 2.75) is 12.7 Å². The lowest BCUT2D eigenvalue weighted by atomic mass is 10.1. The summed E-state index contributed by atoms with van der Waals surface area (Å²) in [6.45, 7) is 0.373. The summed E-state index contributed by atoms with van der Waals surface area (Å²) in [5.41, 5.74) is 3.03. The highest BCUT2D eigenvalue weighted by Gasteiger charge is 2.38. The minimum absolute atomic E-state index is 0.0114. The van der Waals surface area contributed by atoms with E-state index in [1.165, 1.54) is 12.1 Å². The van der Waals surface area contributed by atoms with Gasteiger partial charge >= 0.3 is 6.18 Å². The van der Waals surface area contributed by atoms with Crippen molar-refractivity contribution in [1.82, 2.24) is 29.5 Å². The number of aromatic amines is 1. The summed E-state index contributed by atoms with van der Waals surface area (Å²) in [7, 11) is 1.76. The molecule has 5 aromatic rings. The fraction of sp³-hybridized carbons (Fsp3) is 0.160. The molecule has 0 bridgehead atoms. The normalized spacial score (nSPS) is 18.8. The second-order valence-electron chi connectivity index (χ2n) is 8.78. The standard InChI is InChI=1S/C25H19F3N6O/c1-33-13-17-12-30-21-6-5-20(16-9-15-7-8-29-24(15)31-11-16)32-22(21)23(17)34(35,14-33)19-4-2-3-18(10-19)25(26,27)28/h2-12H,13-14H2,1H3,(H,29,31). The van der Waals surface area contributed by atoms with Crippen molar-refractivity contribution in [3.63, 3.8) is 0 Å². The van der Waals surface area contributed by atoms with E-state index in [4.69, 9.17) is 4.98 Å². The molecule has 1 aromatic carbocycles. The van der Waals surface area contributed by atoms with Crippen molar-refractivity contribution in [2.24, 2.45) is 0 Å². The number of halogens is 3. The van der Waals surface area contributed by atoms with E-state index in [0.717, 1.165) is 28.7 Å². The third-order valence-corrected chi connectivity index (χ3v) is 6.29. The fourth-order valence-corrected chi connectivity index (χ4v) is 4.72. The van der Waals surface area contributed by atoms with Gasteiger partial charge in [0.1, 0.15) is 18.0 Å². The first kappa shape index (κ1) is 21.7. The van der Waals surface area contributed by atoms with Gasteiger partial charge in [-0.3, -0.25) is 14.5 Å². The molecule has 10 heteroatoms. The first-order valence-corrected chi connectivity index (χ1v) is 10.9. The van der Waals surface area contributed by atoms with E-state index in [1.807, 2.05) is 12.1 Å². The van der Waals surface area contributed by atoms with Gasteiger partial charge < -0.3 is 10.2 Å². The molecule has 1 N–H and O–H groups in total. The third kappa shape index (κ3) is 3.54. The quantitative estimate of drug-likeness (QED) is 0.260. The van der Waals surface area contributed by atoms with Crippen LogP contribution >= 0.6 is 0 Å². The van der Waals surface area contributed by atoms with E-state index in [0.29, 0.717) is 34.5 Å². The number of benzene rings is 1. The molecule has 7 nitrogen and oxygen atoms in total. The molecule has 35 heavy (non-hydrogen) atoms. The molecule has 0 aliphatic carbocycles. The largest absolute Gasteiger partial charge is 0.621 e. The highest BCUT2D eigenvalue weighted by molar-refractivity contribution is 5.93. The Morgan fingerprint density at radius 3 is 2.74 bits per heavy atom. The number of hydroxylamine groups is 1. The van der Waals surface area contributed by atoms with Gasteiger partial charge in [-0.2, -0.15) is 13.2 Å². The van der Waals surface area contributed by atoms with Crippen molar-refractivity contribution in [3.05, 3.63) is 83.5 Å². The molecule has 1 aliphatic rings. The molecule has 0 radical (unpaired) electrons. The van der Waals surface area contributed by atoms with E-state index >= 15 is 0 Å². The summed E-state index contributed by atoms with van der Waals surface area (Å²) in [5.74, 6) is 0. The molecule has 176 valence electrons. The topological polar surface area (TPSA) is 80.8 Å². The number of nitrogens with one attached hydrogen (secondary N) is 1. The van der Waals surface area contributed by atoms with Crippen LogP contribution in [-0.4, -0.2) is 38.6 Å². The lowest BCUT2D eigenvalue weighted by Crippen LogP contribution is -2.50. The number of rotatable bonds is 2. The predicted octanol–water partition coefficient (Wildman–Crippen LogP) is 5.73. The molecule has 0 saturated carbocycles. The Labute approximate surface area is 197 Å². The molecular formula is C25H19F3N6O. The predicted molar refractivity (Wildman–Crippen MR) is 127 cm³/mol. The summed E-state index contributed by atoms with van der Waals surface area (Å²) >= 11 is 0. The smallest absolute Gasteiger partial charge is 0.416 e. The molecule has 4 aromatic heterocycles. The van der Waals surface area contributed by atoms with Crippen molar-refractivity contribution in [1.29, 1.82) is 0 Å². The van der Waals surface area contributed by atoms with Crippen molar-refractivity contribution in [3.8, 4) is 11.3 Å². The lowest BCUT2D eigenvalue weighted by molar-refractivity contribution is -0.137. The summed E-state index contributed by atoms with van der Waals surface area (Å²) in [4.78, 5) is 18.5. The highest BCUT2D eigenvalue weighted by atomic mass is 19.4. The second-order valence-corrected chi connectivity index (χ2v) is 8.78. The average molecular weight is 476 g/mol. The van der Waals surface area contributed by atoms with Gasteiger partial charge in [-0.05, 0) is 43.4 Å². The molecule has 1 aliphatic heterocycles. The summed E-state index contributed by atoms with van der Waals surface area (Å²) in [6.07, 6.45) is 0.538. The van der Waals surface area contributed by atoms with Gasteiger partial charge in [-0.15, -0.1) is 0 Å². The Kier molecular flexibility index (Phi) is 4.69. The van der Waals surface area contributed by atoms with Gasteiger partial charge in [0.2, 0.25) is 0 Å². The zero-order chi connectivity index (χ0) is 24.4. The van der Waals surface area contributed by atoms with E-state index in [2.05, 4.69) is 15.0 Å². The maximum absolute atomic E-state index is 14.5. The van der Waals surface area contributed by atoms with Crippen LogP contribution in [0.25, 0.3) is 33.3 Å². The maximum atomic E-state index is 14.5. The SMILES string of the molecule is CN1Cc2cnc3ccc(-c4cnc5[nH]ccc5c4)nc3c2[N+]([O-])(c2cccc(C(F)(F)F)c2)C1. The fourth-order valence-electron chi connectivity index (χ4n) is 4.72. The van der Waals surface area contributed by atoms with Crippen LogP contribution in [0.1, 0.15) is 11.1 Å². The highest BCUT2D eigenvalue weighted by Crippen LogP contribution is 2.45. The summed E-state index contributed by atoms with van der Waals surface area (Å²) in [5, 5.41) is 15.4. The minimum atomic E-state index is -4.56. The molecule has 1 atom stereocenters. The molecule has 0 saturated heterocycles. The third-order valence-electron chi connectivity index (χ3n) is 6.29. The number of aromatic nitrogens is 4. The Morgan fingerprint density at radius 2 is 1.91 bits per heavy atom. The van der Waals surface area contributed by atoms with Crippen LogP contribution < -0.4 is 4.65 Å². The Balaban J connectivity index is 1.58. The van der Waals surface area contributed by atoms with Gasteiger partial charge in [0.25, 0.3) is 0 Å². The second kappa shape index (κ2) is 7.57. The van der Waals surface area contributed by atoms with Crippen LogP contribution in [0.2, 0.25) is 0 Å². The van der Waals surface area contributed by atoms with Crippen molar-refractivity contribution >= 4 is 33.4 Å².